The van der Waals surface area contributed by atoms with Crippen molar-refractivity contribution in [3.05, 3.63) is 63.3 Å². The number of hydrogen-bond donors (Lipinski definition) is 2. The van der Waals surface area contributed by atoms with Gasteiger partial charge in [0.15, 0.2) is 0 Å². The van der Waals surface area contributed by atoms with Crippen LogP contribution in [0.4, 0.5) is 0 Å². The number of nitrogens with zero attached hydrogens (tertiary/aromatic N) is 1. The molecule has 2 N–H and O–H groups in total. The molecule has 1 amide bonds. The monoisotopic (exact) mass is 390 g/mol. The van der Waals surface area contributed by atoms with E-state index in [1.54, 1.807) is 38.2 Å². The number of nitrogens with one attached hydrogen (secondary N) is 1. The Balaban J connectivity index is 2.22. The molecular formula is C19H16Cl2N2O3. The zero-order chi connectivity index (χ0) is 19.0. The van der Waals surface area contributed by atoms with E-state index in [1.165, 1.54) is 16.7 Å². The van der Waals surface area contributed by atoms with Crippen molar-refractivity contribution in [1.29, 1.82) is 0 Å². The van der Waals surface area contributed by atoms with E-state index in [2.05, 4.69) is 5.32 Å². The molecule has 1 heterocycles. The lowest BCUT2D eigenvalue weighted by molar-refractivity contribution is -0.119. The number of aromatic hydroxyl groups is 1. The van der Waals surface area contributed by atoms with Gasteiger partial charge in [-0.2, -0.15) is 0 Å². The zero-order valence-electron chi connectivity index (χ0n) is 14.1. The van der Waals surface area contributed by atoms with E-state index >= 15 is 0 Å². The van der Waals surface area contributed by atoms with Crippen LogP contribution in [0.3, 0.4) is 0 Å². The molecule has 0 aliphatic heterocycles. The van der Waals surface area contributed by atoms with Crippen molar-refractivity contribution < 1.29 is 14.7 Å². The van der Waals surface area contributed by atoms with Crippen molar-refractivity contribution in [3.8, 4) is 5.75 Å². The van der Waals surface area contributed by atoms with Crippen LogP contribution in [0.5, 0.6) is 5.75 Å². The second kappa shape index (κ2) is 7.02. The Kier molecular flexibility index (Phi) is 4.94. The molecule has 0 fully saturated rings. The van der Waals surface area contributed by atoms with Crippen LogP contribution in [0, 0.1) is 6.92 Å². The Morgan fingerprint density at radius 2 is 1.85 bits per heavy atom. The van der Waals surface area contributed by atoms with Gasteiger partial charge in [0, 0.05) is 23.7 Å². The van der Waals surface area contributed by atoms with Gasteiger partial charge in [-0.3, -0.25) is 14.2 Å². The Labute approximate surface area is 160 Å². The highest BCUT2D eigenvalue weighted by Gasteiger charge is 2.22. The van der Waals surface area contributed by atoms with E-state index in [0.29, 0.717) is 32.7 Å². The van der Waals surface area contributed by atoms with Gasteiger partial charge < -0.3 is 10.4 Å². The van der Waals surface area contributed by atoms with Crippen molar-refractivity contribution in [1.82, 2.24) is 9.88 Å². The van der Waals surface area contributed by atoms with E-state index in [1.807, 2.05) is 0 Å². The first-order valence-corrected chi connectivity index (χ1v) is 8.62. The fourth-order valence-corrected chi connectivity index (χ4v) is 3.26. The summed E-state index contributed by atoms with van der Waals surface area (Å²) in [4.78, 5) is 25.0. The summed E-state index contributed by atoms with van der Waals surface area (Å²) in [6.45, 7) is 1.77. The molecule has 1 aromatic heterocycles. The number of halogens is 2. The van der Waals surface area contributed by atoms with Crippen molar-refractivity contribution in [3.63, 3.8) is 0 Å². The Morgan fingerprint density at radius 3 is 2.50 bits per heavy atom. The summed E-state index contributed by atoms with van der Waals surface area (Å²) in [5.74, 6) is -0.410. The van der Waals surface area contributed by atoms with E-state index in [-0.39, 0.29) is 29.0 Å². The van der Waals surface area contributed by atoms with Crippen LogP contribution in [0.15, 0.2) is 36.4 Å². The third-order valence-electron chi connectivity index (χ3n) is 4.30. The van der Waals surface area contributed by atoms with Gasteiger partial charge in [0.1, 0.15) is 5.75 Å². The Hall–Kier alpha value is -2.50. The van der Waals surface area contributed by atoms with Crippen LogP contribution in [0.1, 0.15) is 21.6 Å². The number of carbonyl (C=O) groups is 2. The maximum atomic E-state index is 13.1. The SMILES string of the molecule is CNC(=O)Cc1c(C)n(C(=O)c2ccc(Cl)c(Cl)c2)c2ccc(O)cc12. The smallest absolute Gasteiger partial charge is 0.262 e. The molecule has 2 aromatic carbocycles. The van der Waals surface area contributed by atoms with E-state index in [9.17, 15) is 14.7 Å². The summed E-state index contributed by atoms with van der Waals surface area (Å²) in [5, 5.41) is 13.7. The van der Waals surface area contributed by atoms with Crippen LogP contribution in [0.25, 0.3) is 10.9 Å². The van der Waals surface area contributed by atoms with Gasteiger partial charge >= 0.3 is 0 Å². The van der Waals surface area contributed by atoms with Crippen molar-refractivity contribution >= 4 is 45.9 Å². The third-order valence-corrected chi connectivity index (χ3v) is 5.04. The molecule has 0 bridgehead atoms. The molecule has 0 unspecified atom stereocenters. The lowest BCUT2D eigenvalue weighted by Gasteiger charge is -2.08. The fourth-order valence-electron chi connectivity index (χ4n) is 2.96. The summed E-state index contributed by atoms with van der Waals surface area (Å²) in [6.07, 6.45) is 0.101. The first-order valence-electron chi connectivity index (χ1n) is 7.86. The van der Waals surface area contributed by atoms with E-state index < -0.39 is 0 Å². The number of rotatable bonds is 3. The minimum absolute atomic E-state index is 0.0646. The summed E-state index contributed by atoms with van der Waals surface area (Å²) in [5.41, 5.74) is 2.29. The summed E-state index contributed by atoms with van der Waals surface area (Å²) in [6, 6.07) is 9.39. The predicted octanol–water partition coefficient (Wildman–Crippen LogP) is 3.94. The average molecular weight is 391 g/mol. The number of phenolic OH excluding ortho intramolecular Hbond substituents is 1. The normalized spacial score (nSPS) is 10.9. The van der Waals surface area contributed by atoms with Crippen molar-refractivity contribution in [2.45, 2.75) is 13.3 Å². The van der Waals surface area contributed by atoms with E-state index in [4.69, 9.17) is 23.2 Å². The van der Waals surface area contributed by atoms with Gasteiger partial charge in [-0.25, -0.2) is 0 Å². The maximum Gasteiger partial charge on any atom is 0.262 e. The molecule has 0 spiro atoms. The second-order valence-corrected chi connectivity index (χ2v) is 6.70. The van der Waals surface area contributed by atoms with Gasteiger partial charge in [-0.15, -0.1) is 0 Å². The van der Waals surface area contributed by atoms with Crippen LogP contribution < -0.4 is 5.32 Å². The lowest BCUT2D eigenvalue weighted by atomic mass is 10.1. The molecule has 0 radical (unpaired) electrons. The largest absolute Gasteiger partial charge is 0.508 e. The number of fused-ring (bicyclic) bond motifs is 1. The molecule has 3 aromatic rings. The number of carbonyl (C=O) groups excluding carboxylic acids is 2. The van der Waals surface area contributed by atoms with Gasteiger partial charge in [0.2, 0.25) is 5.91 Å². The molecule has 3 rings (SSSR count). The topological polar surface area (TPSA) is 71.3 Å². The zero-order valence-corrected chi connectivity index (χ0v) is 15.6. The maximum absolute atomic E-state index is 13.1. The van der Waals surface area contributed by atoms with Crippen LogP contribution >= 0.6 is 23.2 Å². The van der Waals surface area contributed by atoms with E-state index in [0.717, 1.165) is 0 Å². The van der Waals surface area contributed by atoms with Gasteiger partial charge in [0.25, 0.3) is 5.91 Å². The Bertz CT molecular complexity index is 1040. The van der Waals surface area contributed by atoms with Crippen LogP contribution in [0.2, 0.25) is 10.0 Å². The lowest BCUT2D eigenvalue weighted by Crippen LogP contribution is -2.20. The summed E-state index contributed by atoms with van der Waals surface area (Å²) < 4.78 is 1.52. The molecule has 0 aliphatic rings. The van der Waals surface area contributed by atoms with Crippen LogP contribution in [-0.2, 0) is 11.2 Å². The number of amides is 1. The standard InChI is InChI=1S/C19H16Cl2N2O3/c1-10-13(9-18(25)22-2)14-8-12(24)4-6-17(14)23(10)19(26)11-3-5-15(20)16(21)7-11/h3-8,24H,9H2,1-2H3,(H,22,25). The molecule has 26 heavy (non-hydrogen) atoms. The predicted molar refractivity (Wildman–Crippen MR) is 102 cm³/mol. The second-order valence-electron chi connectivity index (χ2n) is 5.88. The average Bonchev–Trinajstić information content (AvgIpc) is 2.88. The molecule has 5 nitrogen and oxygen atoms in total. The Morgan fingerprint density at radius 1 is 1.12 bits per heavy atom. The summed E-state index contributed by atoms with van der Waals surface area (Å²) >= 11 is 12.0. The van der Waals surface area contributed by atoms with Gasteiger partial charge in [0.05, 0.1) is 22.0 Å². The molecular weight excluding hydrogens is 375 g/mol. The number of aromatic nitrogens is 1. The molecule has 134 valence electrons. The highest BCUT2D eigenvalue weighted by molar-refractivity contribution is 6.42. The quantitative estimate of drug-likeness (QED) is 0.711. The van der Waals surface area contributed by atoms with Gasteiger partial charge in [-0.1, -0.05) is 23.2 Å². The number of benzene rings is 2. The number of hydrogen-bond acceptors (Lipinski definition) is 3. The molecule has 0 saturated heterocycles. The molecule has 0 saturated carbocycles. The number of likely N-dealkylation sites (N-methyl/N-ethyl adjacent to an activating group) is 1. The van der Waals surface area contributed by atoms with Gasteiger partial charge in [-0.05, 0) is 48.9 Å². The number of phenols is 1. The van der Waals surface area contributed by atoms with Crippen LogP contribution in [-0.4, -0.2) is 28.5 Å². The highest BCUT2D eigenvalue weighted by atomic mass is 35.5. The minimum atomic E-state index is -0.292. The first-order chi connectivity index (χ1) is 12.3. The molecule has 7 heteroatoms. The first kappa shape index (κ1) is 18.3. The highest BCUT2D eigenvalue weighted by Crippen LogP contribution is 2.31. The van der Waals surface area contributed by atoms with Crippen molar-refractivity contribution in [2.24, 2.45) is 0 Å². The summed E-state index contributed by atoms with van der Waals surface area (Å²) in [7, 11) is 1.55. The molecule has 0 aliphatic carbocycles. The fraction of sp³-hybridized carbons (Fsp3) is 0.158. The van der Waals surface area contributed by atoms with Crippen molar-refractivity contribution in [2.75, 3.05) is 7.05 Å². The third kappa shape index (κ3) is 3.16. The molecule has 0 atom stereocenters. The minimum Gasteiger partial charge on any atom is -0.508 e.